The normalized spacial score (nSPS) is 18.6. The zero-order valence-corrected chi connectivity index (χ0v) is 20.3. The van der Waals surface area contributed by atoms with Crippen LogP contribution in [0.25, 0.3) is 11.1 Å². The van der Waals surface area contributed by atoms with Crippen LogP contribution in [0.4, 0.5) is 26.3 Å². The quantitative estimate of drug-likeness (QED) is 0.275. The van der Waals surface area contributed by atoms with Gasteiger partial charge in [0, 0.05) is 19.3 Å². The Hall–Kier alpha value is -3.00. The highest BCUT2D eigenvalue weighted by atomic mass is 19.4. The van der Waals surface area contributed by atoms with E-state index in [4.69, 9.17) is 4.74 Å². The van der Waals surface area contributed by atoms with Crippen molar-refractivity contribution in [2.24, 2.45) is 5.92 Å². The summed E-state index contributed by atoms with van der Waals surface area (Å²) < 4.78 is 91.2. The van der Waals surface area contributed by atoms with Gasteiger partial charge in [0.25, 0.3) is 0 Å². The highest BCUT2D eigenvalue weighted by molar-refractivity contribution is 5.64. The molecule has 4 rings (SSSR count). The van der Waals surface area contributed by atoms with Crippen molar-refractivity contribution in [2.45, 2.75) is 50.8 Å². The second-order valence-corrected chi connectivity index (χ2v) is 9.33. The Kier molecular flexibility index (Phi) is 8.17. The molecule has 0 bridgehead atoms. The molecular weight excluding hydrogens is 494 g/mol. The first-order valence-electron chi connectivity index (χ1n) is 12.3. The molecule has 0 radical (unpaired) electrons. The Morgan fingerprint density at radius 1 is 0.784 bits per heavy atom. The molecule has 198 valence electrons. The minimum atomic E-state index is -4.93. The van der Waals surface area contributed by atoms with Crippen LogP contribution in [-0.2, 0) is 17.0 Å². The van der Waals surface area contributed by atoms with Gasteiger partial charge in [0.1, 0.15) is 11.6 Å². The van der Waals surface area contributed by atoms with Crippen molar-refractivity contribution < 1.29 is 35.8 Å². The Balaban J connectivity index is 1.39. The third-order valence-electron chi connectivity index (χ3n) is 6.83. The molecule has 0 N–H and O–H groups in total. The highest BCUT2D eigenvalue weighted by Gasteiger charge is 2.37. The molecule has 0 saturated heterocycles. The molecule has 1 saturated carbocycles. The van der Waals surface area contributed by atoms with Crippen LogP contribution in [0.1, 0.15) is 55.2 Å². The fourth-order valence-electron chi connectivity index (χ4n) is 4.75. The second-order valence-electron chi connectivity index (χ2n) is 9.33. The molecule has 0 atom stereocenters. The molecule has 0 aliphatic heterocycles. The van der Waals surface area contributed by atoms with Gasteiger partial charge in [0.15, 0.2) is 0 Å². The fraction of sp³-hybridized carbons (Fsp3) is 0.379. The average Bonchev–Trinajstić information content (AvgIpc) is 2.87. The maximum absolute atomic E-state index is 14.6. The van der Waals surface area contributed by atoms with Crippen molar-refractivity contribution in [3.8, 4) is 16.9 Å². The number of halogens is 6. The van der Waals surface area contributed by atoms with Gasteiger partial charge in [-0.1, -0.05) is 36.4 Å². The van der Waals surface area contributed by atoms with Gasteiger partial charge in [-0.15, -0.1) is 0 Å². The molecule has 37 heavy (non-hydrogen) atoms. The van der Waals surface area contributed by atoms with Crippen LogP contribution in [0.15, 0.2) is 66.7 Å². The van der Waals surface area contributed by atoms with Crippen LogP contribution < -0.4 is 4.74 Å². The van der Waals surface area contributed by atoms with Crippen molar-refractivity contribution in [1.82, 2.24) is 0 Å². The summed E-state index contributed by atoms with van der Waals surface area (Å²) in [6.07, 6.45) is -4.28. The molecule has 1 aliphatic carbocycles. The van der Waals surface area contributed by atoms with Gasteiger partial charge >= 0.3 is 12.3 Å². The van der Waals surface area contributed by atoms with Gasteiger partial charge in [-0.2, -0.15) is 22.0 Å². The van der Waals surface area contributed by atoms with E-state index in [9.17, 15) is 26.3 Å². The van der Waals surface area contributed by atoms with Crippen molar-refractivity contribution in [3.05, 3.63) is 89.2 Å². The Labute approximate surface area is 212 Å². The monoisotopic (exact) mass is 522 g/mol. The fourth-order valence-corrected chi connectivity index (χ4v) is 4.75. The van der Waals surface area contributed by atoms with Crippen LogP contribution in [0.5, 0.6) is 5.75 Å². The van der Waals surface area contributed by atoms with Gasteiger partial charge in [-0.3, -0.25) is 0 Å². The number of rotatable bonds is 8. The first kappa shape index (κ1) is 27.0. The zero-order valence-electron chi connectivity index (χ0n) is 20.3. The van der Waals surface area contributed by atoms with Gasteiger partial charge in [-0.25, -0.2) is 4.39 Å². The summed E-state index contributed by atoms with van der Waals surface area (Å²) in [5.41, 5.74) is 0.810. The van der Waals surface area contributed by atoms with Gasteiger partial charge in [0.05, 0.1) is 11.1 Å². The predicted molar refractivity (Wildman–Crippen MR) is 129 cm³/mol. The van der Waals surface area contributed by atoms with Gasteiger partial charge in [-0.05, 0) is 85.4 Å². The van der Waals surface area contributed by atoms with E-state index in [0.29, 0.717) is 30.0 Å². The third kappa shape index (κ3) is 6.66. The molecule has 1 fully saturated rings. The molecule has 1 aliphatic rings. The minimum absolute atomic E-state index is 0.304. The van der Waals surface area contributed by atoms with Gasteiger partial charge in [0.2, 0.25) is 0 Å². The number of alkyl halides is 5. The van der Waals surface area contributed by atoms with Crippen molar-refractivity contribution in [2.75, 3.05) is 13.2 Å². The third-order valence-corrected chi connectivity index (χ3v) is 6.83. The number of benzene rings is 3. The first-order valence-corrected chi connectivity index (χ1v) is 12.3. The van der Waals surface area contributed by atoms with Crippen LogP contribution in [0, 0.1) is 11.7 Å². The molecule has 0 spiro atoms. The summed E-state index contributed by atoms with van der Waals surface area (Å²) in [6.45, 7) is 3.57. The van der Waals surface area contributed by atoms with E-state index in [-0.39, 0.29) is 0 Å². The number of ether oxygens (including phenoxy) is 2. The minimum Gasteiger partial charge on any atom is -0.429 e. The molecule has 0 unspecified atom stereocenters. The smallest absolute Gasteiger partial charge is 0.426 e. The largest absolute Gasteiger partial charge is 0.429 e. The lowest BCUT2D eigenvalue weighted by molar-refractivity contribution is -0.185. The summed E-state index contributed by atoms with van der Waals surface area (Å²) in [6, 6.07) is 14.8. The summed E-state index contributed by atoms with van der Waals surface area (Å²) >= 11 is 0. The summed E-state index contributed by atoms with van der Waals surface area (Å²) in [7, 11) is 0. The highest BCUT2D eigenvalue weighted by Crippen LogP contribution is 2.38. The number of hydrogen-bond donors (Lipinski definition) is 0. The van der Waals surface area contributed by atoms with Crippen LogP contribution in [0.2, 0.25) is 0 Å². The lowest BCUT2D eigenvalue weighted by Gasteiger charge is -2.28. The van der Waals surface area contributed by atoms with E-state index >= 15 is 0 Å². The van der Waals surface area contributed by atoms with Crippen LogP contribution in [0.3, 0.4) is 0 Å². The maximum Gasteiger partial charge on any atom is 0.426 e. The molecular formula is C29H28F6O2. The molecule has 0 amide bonds. The zero-order chi connectivity index (χ0) is 26.6. The predicted octanol–water partition coefficient (Wildman–Crippen LogP) is 8.95. The molecule has 8 heteroatoms. The standard InChI is InChI=1S/C29H28F6O2/c1-2-36-18-19-3-5-20(6-4-19)21-7-9-22(10-8-21)23-11-13-24(14-12-23)29(34,35)37-25-15-16-26(27(30)17-25)28(31,32)33/h7-17,19-20H,2-6,18H2,1H3. The average molecular weight is 523 g/mol. The van der Waals surface area contributed by atoms with E-state index < -0.39 is 35.0 Å². The Morgan fingerprint density at radius 3 is 1.92 bits per heavy atom. The molecule has 3 aromatic carbocycles. The number of hydrogen-bond acceptors (Lipinski definition) is 2. The SMILES string of the molecule is CCOCC1CCC(c2ccc(-c3ccc(C(F)(F)Oc4ccc(C(F)(F)F)c(F)c4)cc3)cc2)CC1. The molecule has 2 nitrogen and oxygen atoms in total. The summed E-state index contributed by atoms with van der Waals surface area (Å²) in [5, 5.41) is 0. The summed E-state index contributed by atoms with van der Waals surface area (Å²) in [4.78, 5) is 0. The lowest BCUT2D eigenvalue weighted by Crippen LogP contribution is -2.22. The van der Waals surface area contributed by atoms with E-state index in [0.717, 1.165) is 50.0 Å². The topological polar surface area (TPSA) is 18.5 Å². The summed E-state index contributed by atoms with van der Waals surface area (Å²) in [5.74, 6) is -1.27. The van der Waals surface area contributed by atoms with Crippen molar-refractivity contribution >= 4 is 0 Å². The van der Waals surface area contributed by atoms with Gasteiger partial charge < -0.3 is 9.47 Å². The van der Waals surface area contributed by atoms with Crippen LogP contribution in [-0.4, -0.2) is 13.2 Å². The first-order chi connectivity index (χ1) is 17.6. The van der Waals surface area contributed by atoms with E-state index in [1.165, 1.54) is 29.8 Å². The Morgan fingerprint density at radius 2 is 1.38 bits per heavy atom. The van der Waals surface area contributed by atoms with Crippen molar-refractivity contribution in [3.63, 3.8) is 0 Å². The maximum atomic E-state index is 14.6. The van der Waals surface area contributed by atoms with E-state index in [2.05, 4.69) is 16.9 Å². The molecule has 3 aromatic rings. The molecule has 0 aromatic heterocycles. The molecule has 0 heterocycles. The van der Waals surface area contributed by atoms with E-state index in [1.807, 2.05) is 19.1 Å². The van der Waals surface area contributed by atoms with Crippen LogP contribution >= 0.6 is 0 Å². The Bertz CT molecular complexity index is 1160. The van der Waals surface area contributed by atoms with Crippen molar-refractivity contribution in [1.29, 1.82) is 0 Å². The van der Waals surface area contributed by atoms with E-state index in [1.54, 1.807) is 0 Å². The second kappa shape index (κ2) is 11.2. The lowest BCUT2D eigenvalue weighted by atomic mass is 9.79.